The molecule has 1 aliphatic rings. The van der Waals surface area contributed by atoms with Gasteiger partial charge in [-0.1, -0.05) is 42.5 Å². The molecule has 0 aliphatic carbocycles. The fourth-order valence-corrected chi connectivity index (χ4v) is 2.74. The van der Waals surface area contributed by atoms with Crippen LogP contribution in [0.15, 0.2) is 54.6 Å². The lowest BCUT2D eigenvalue weighted by Gasteiger charge is -2.15. The summed E-state index contributed by atoms with van der Waals surface area (Å²) in [5.74, 6) is -0.170. The number of nitrogens with zero attached hydrogens (tertiary/aromatic N) is 1. The highest BCUT2D eigenvalue weighted by atomic mass is 16.5. The summed E-state index contributed by atoms with van der Waals surface area (Å²) in [6, 6.07) is 18.2. The van der Waals surface area contributed by atoms with Crippen molar-refractivity contribution in [3.8, 4) is 11.8 Å². The van der Waals surface area contributed by atoms with E-state index in [4.69, 9.17) is 4.74 Å². The summed E-state index contributed by atoms with van der Waals surface area (Å²) >= 11 is 0. The molecule has 3 rings (SSSR count). The average Bonchev–Trinajstić information content (AvgIpc) is 3.12. The molecule has 0 bridgehead atoms. The van der Waals surface area contributed by atoms with E-state index >= 15 is 0 Å². The molecule has 2 N–H and O–H groups in total. The fourth-order valence-electron chi connectivity index (χ4n) is 2.74. The van der Waals surface area contributed by atoms with Crippen LogP contribution in [0.2, 0.25) is 0 Å². The molecular weight excluding hydrogens is 330 g/mol. The lowest BCUT2D eigenvalue weighted by Crippen LogP contribution is -2.34. The van der Waals surface area contributed by atoms with Crippen LogP contribution >= 0.6 is 0 Å². The summed E-state index contributed by atoms with van der Waals surface area (Å²) in [4.78, 5) is 23.4. The minimum Gasteiger partial charge on any atom is -0.489 e. The monoisotopic (exact) mass is 349 g/mol. The zero-order valence-corrected chi connectivity index (χ0v) is 14.1. The van der Waals surface area contributed by atoms with E-state index in [1.54, 1.807) is 24.3 Å². The summed E-state index contributed by atoms with van der Waals surface area (Å²) in [7, 11) is 0. The second kappa shape index (κ2) is 8.17. The molecule has 6 nitrogen and oxygen atoms in total. The molecule has 132 valence electrons. The number of carbonyl (C=O) groups is 2. The average molecular weight is 349 g/mol. The Labute approximate surface area is 151 Å². The Kier molecular flexibility index (Phi) is 5.49. The predicted molar refractivity (Wildman–Crippen MR) is 94.8 cm³/mol. The molecule has 0 radical (unpaired) electrons. The standard InChI is InChI=1S/C20H19N3O3/c21-11-18(23-20(25)16-10-19(24)22-12-16)15-6-8-17(9-7-15)26-13-14-4-2-1-3-5-14/h1-9,16,18H,10,12-13H2,(H,22,24)(H,23,25)/t16-,18+/m0/s1. The Morgan fingerprint density at radius 3 is 2.58 bits per heavy atom. The van der Waals surface area contributed by atoms with Gasteiger partial charge in [0.15, 0.2) is 0 Å². The number of nitrogens with one attached hydrogen (secondary N) is 2. The Morgan fingerprint density at radius 2 is 1.96 bits per heavy atom. The second-order valence-corrected chi connectivity index (χ2v) is 6.12. The lowest BCUT2D eigenvalue weighted by atomic mass is 10.0. The minimum absolute atomic E-state index is 0.140. The van der Waals surface area contributed by atoms with Crippen molar-refractivity contribution in [2.45, 2.75) is 19.1 Å². The number of amides is 2. The predicted octanol–water partition coefficient (Wildman–Crippen LogP) is 2.08. The molecule has 1 fully saturated rings. The van der Waals surface area contributed by atoms with Crippen molar-refractivity contribution < 1.29 is 14.3 Å². The van der Waals surface area contributed by atoms with Crippen molar-refractivity contribution in [1.29, 1.82) is 5.26 Å². The first kappa shape index (κ1) is 17.5. The quantitative estimate of drug-likeness (QED) is 0.835. The molecule has 1 aliphatic heterocycles. The normalized spacial score (nSPS) is 17.0. The van der Waals surface area contributed by atoms with E-state index in [9.17, 15) is 14.9 Å². The second-order valence-electron chi connectivity index (χ2n) is 6.12. The van der Waals surface area contributed by atoms with Crippen LogP contribution in [0.3, 0.4) is 0 Å². The van der Waals surface area contributed by atoms with E-state index in [1.165, 1.54) is 0 Å². The first-order valence-electron chi connectivity index (χ1n) is 8.39. The van der Waals surface area contributed by atoms with Crippen LogP contribution in [0.25, 0.3) is 0 Å². The first-order valence-corrected chi connectivity index (χ1v) is 8.39. The minimum atomic E-state index is -0.763. The Hall–Kier alpha value is -3.33. The summed E-state index contributed by atoms with van der Waals surface area (Å²) in [5.41, 5.74) is 1.74. The molecule has 0 spiro atoms. The van der Waals surface area contributed by atoms with Gasteiger partial charge < -0.3 is 15.4 Å². The van der Waals surface area contributed by atoms with Crippen molar-refractivity contribution in [2.75, 3.05) is 6.54 Å². The third kappa shape index (κ3) is 4.39. The zero-order valence-electron chi connectivity index (χ0n) is 14.1. The number of rotatable bonds is 6. The van der Waals surface area contributed by atoms with Gasteiger partial charge in [-0.15, -0.1) is 0 Å². The van der Waals surface area contributed by atoms with Gasteiger partial charge in [-0.05, 0) is 23.3 Å². The van der Waals surface area contributed by atoms with Crippen molar-refractivity contribution in [2.24, 2.45) is 5.92 Å². The molecule has 2 aromatic rings. The van der Waals surface area contributed by atoms with Crippen molar-refractivity contribution in [3.05, 3.63) is 65.7 Å². The zero-order chi connectivity index (χ0) is 18.4. The summed E-state index contributed by atoms with van der Waals surface area (Å²) in [5, 5.41) is 14.7. The molecule has 2 amide bonds. The van der Waals surface area contributed by atoms with Crippen LogP contribution in [0.4, 0.5) is 0 Å². The Bertz CT molecular complexity index is 812. The van der Waals surface area contributed by atoms with Crippen molar-refractivity contribution in [3.63, 3.8) is 0 Å². The number of hydrogen-bond donors (Lipinski definition) is 2. The summed E-state index contributed by atoms with van der Waals surface area (Å²) < 4.78 is 5.72. The molecule has 0 saturated carbocycles. The summed E-state index contributed by atoms with van der Waals surface area (Å²) in [6.07, 6.45) is 0.163. The Morgan fingerprint density at radius 1 is 1.23 bits per heavy atom. The molecule has 2 atom stereocenters. The molecule has 2 aromatic carbocycles. The van der Waals surface area contributed by atoms with Gasteiger partial charge in [0.25, 0.3) is 0 Å². The highest BCUT2D eigenvalue weighted by molar-refractivity contribution is 5.89. The smallest absolute Gasteiger partial charge is 0.226 e. The van der Waals surface area contributed by atoms with Crippen molar-refractivity contribution in [1.82, 2.24) is 10.6 Å². The lowest BCUT2D eigenvalue weighted by molar-refractivity contribution is -0.126. The van der Waals surface area contributed by atoms with Gasteiger partial charge in [0.05, 0.1) is 12.0 Å². The third-order valence-corrected chi connectivity index (χ3v) is 4.23. The van der Waals surface area contributed by atoms with E-state index in [0.717, 1.165) is 5.56 Å². The van der Waals surface area contributed by atoms with E-state index < -0.39 is 12.0 Å². The number of hydrogen-bond acceptors (Lipinski definition) is 4. The topological polar surface area (TPSA) is 91.2 Å². The number of benzene rings is 2. The molecule has 26 heavy (non-hydrogen) atoms. The van der Waals surface area contributed by atoms with E-state index in [0.29, 0.717) is 24.5 Å². The van der Waals surface area contributed by atoms with E-state index in [2.05, 4.69) is 16.7 Å². The number of nitriles is 1. The summed E-state index contributed by atoms with van der Waals surface area (Å²) in [6.45, 7) is 0.774. The molecule has 1 saturated heterocycles. The number of carbonyl (C=O) groups excluding carboxylic acids is 2. The molecule has 0 aromatic heterocycles. The largest absolute Gasteiger partial charge is 0.489 e. The van der Waals surface area contributed by atoms with Crippen LogP contribution in [-0.2, 0) is 16.2 Å². The van der Waals surface area contributed by atoms with Gasteiger partial charge in [-0.3, -0.25) is 9.59 Å². The SMILES string of the molecule is N#C[C@@H](NC(=O)[C@@H]1CNC(=O)C1)c1ccc(OCc2ccccc2)cc1. The molecule has 1 heterocycles. The van der Waals surface area contributed by atoms with Crippen LogP contribution in [0.5, 0.6) is 5.75 Å². The maximum absolute atomic E-state index is 12.2. The maximum atomic E-state index is 12.2. The first-order chi connectivity index (χ1) is 12.7. The molecule has 6 heteroatoms. The fraction of sp³-hybridized carbons (Fsp3) is 0.250. The van der Waals surface area contributed by atoms with E-state index in [1.807, 2.05) is 30.3 Å². The van der Waals surface area contributed by atoms with Gasteiger partial charge >= 0.3 is 0 Å². The Balaban J connectivity index is 1.58. The van der Waals surface area contributed by atoms with Gasteiger partial charge in [0.1, 0.15) is 18.4 Å². The van der Waals surface area contributed by atoms with Gasteiger partial charge in [0, 0.05) is 13.0 Å². The molecule has 0 unspecified atom stereocenters. The highest BCUT2D eigenvalue weighted by Gasteiger charge is 2.29. The van der Waals surface area contributed by atoms with Crippen LogP contribution < -0.4 is 15.4 Å². The van der Waals surface area contributed by atoms with Crippen LogP contribution in [-0.4, -0.2) is 18.4 Å². The molecular formula is C20H19N3O3. The number of ether oxygens (including phenoxy) is 1. The third-order valence-electron chi connectivity index (χ3n) is 4.23. The van der Waals surface area contributed by atoms with Gasteiger partial charge in [-0.25, -0.2) is 0 Å². The van der Waals surface area contributed by atoms with Gasteiger partial charge in [-0.2, -0.15) is 5.26 Å². The maximum Gasteiger partial charge on any atom is 0.226 e. The van der Waals surface area contributed by atoms with Crippen molar-refractivity contribution >= 4 is 11.8 Å². The van der Waals surface area contributed by atoms with Crippen LogP contribution in [0.1, 0.15) is 23.6 Å². The highest BCUT2D eigenvalue weighted by Crippen LogP contribution is 2.20. The van der Waals surface area contributed by atoms with Gasteiger partial charge in [0.2, 0.25) is 11.8 Å². The van der Waals surface area contributed by atoms with E-state index in [-0.39, 0.29) is 18.2 Å². The van der Waals surface area contributed by atoms with Crippen LogP contribution in [0, 0.1) is 17.2 Å².